The number of nitrogens with two attached hydrogens (primary N) is 1. The van der Waals surface area contributed by atoms with Crippen molar-refractivity contribution in [2.75, 3.05) is 26.9 Å². The first-order valence-electron chi connectivity index (χ1n) is 15.6. The molecule has 3 aromatic rings. The molecule has 8 nitrogen and oxygen atoms in total. The maximum Gasteiger partial charge on any atom is 0.306 e. The molecule has 44 heavy (non-hydrogen) atoms. The summed E-state index contributed by atoms with van der Waals surface area (Å²) in [7, 11) is 1.35. The van der Waals surface area contributed by atoms with E-state index in [0.717, 1.165) is 42.7 Å². The van der Waals surface area contributed by atoms with Gasteiger partial charge in [-0.25, -0.2) is 0 Å². The van der Waals surface area contributed by atoms with E-state index < -0.39 is 5.92 Å². The highest BCUT2D eigenvalue weighted by molar-refractivity contribution is 5.95. The van der Waals surface area contributed by atoms with E-state index in [4.69, 9.17) is 25.4 Å². The number of benzene rings is 3. The number of hydrogen-bond donors (Lipinski definition) is 2. The number of nitrogens with one attached hydrogen (secondary N) is 1. The minimum absolute atomic E-state index is 0.0137. The van der Waals surface area contributed by atoms with Crippen LogP contribution in [0, 0.1) is 11.3 Å². The van der Waals surface area contributed by atoms with E-state index in [1.54, 1.807) is 0 Å². The Morgan fingerprint density at radius 3 is 2.16 bits per heavy atom. The Bertz CT molecular complexity index is 1360. The first kappa shape index (κ1) is 32.6. The number of hydrogen-bond acceptors (Lipinski definition) is 6. The molecule has 4 rings (SSSR count). The summed E-state index contributed by atoms with van der Waals surface area (Å²) in [6.07, 6.45) is 7.01. The molecule has 1 heterocycles. The molecule has 0 spiro atoms. The lowest BCUT2D eigenvalue weighted by Crippen LogP contribution is -2.38. The smallest absolute Gasteiger partial charge is 0.306 e. The average Bonchev–Trinajstić information content (AvgIpc) is 3.34. The number of amidine groups is 1. The number of carbonyl (C=O) groups is 2. The molecule has 2 atom stereocenters. The van der Waals surface area contributed by atoms with E-state index in [1.807, 2.05) is 65.6 Å². The highest BCUT2D eigenvalue weighted by atomic mass is 16.5. The summed E-state index contributed by atoms with van der Waals surface area (Å²) < 4.78 is 16.9. The molecule has 1 saturated heterocycles. The summed E-state index contributed by atoms with van der Waals surface area (Å²) in [5, 5.41) is 7.56. The van der Waals surface area contributed by atoms with Crippen LogP contribution in [0.1, 0.15) is 63.0 Å². The monoisotopic (exact) mass is 599 g/mol. The lowest BCUT2D eigenvalue weighted by atomic mass is 10.0. The van der Waals surface area contributed by atoms with Crippen LogP contribution in [-0.4, -0.2) is 55.5 Å². The Morgan fingerprint density at radius 1 is 0.886 bits per heavy atom. The second-order valence-corrected chi connectivity index (χ2v) is 11.4. The maximum atomic E-state index is 13.3. The van der Waals surface area contributed by atoms with E-state index in [2.05, 4.69) is 19.1 Å². The fourth-order valence-electron chi connectivity index (χ4n) is 5.58. The summed E-state index contributed by atoms with van der Waals surface area (Å²) in [5.41, 5.74) is 9.49. The molecule has 3 N–H and O–H groups in total. The van der Waals surface area contributed by atoms with Crippen molar-refractivity contribution in [1.82, 2.24) is 4.90 Å². The van der Waals surface area contributed by atoms with Gasteiger partial charge in [0.1, 0.15) is 23.9 Å². The zero-order valence-corrected chi connectivity index (χ0v) is 25.9. The van der Waals surface area contributed by atoms with Crippen LogP contribution >= 0.6 is 0 Å². The maximum absolute atomic E-state index is 13.3. The summed E-state index contributed by atoms with van der Waals surface area (Å²) >= 11 is 0. The molecular weight excluding hydrogens is 554 g/mol. The highest BCUT2D eigenvalue weighted by Crippen LogP contribution is 2.30. The lowest BCUT2D eigenvalue weighted by Gasteiger charge is -2.25. The third-order valence-corrected chi connectivity index (χ3v) is 8.15. The normalized spacial score (nSPS) is 16.1. The summed E-state index contributed by atoms with van der Waals surface area (Å²) in [6, 6.07) is 23.4. The fraction of sp³-hybridized carbons (Fsp3) is 0.417. The molecule has 8 heteroatoms. The van der Waals surface area contributed by atoms with Gasteiger partial charge in [-0.3, -0.25) is 15.0 Å². The van der Waals surface area contributed by atoms with Gasteiger partial charge < -0.3 is 24.8 Å². The molecule has 0 aromatic heterocycles. The number of methoxy groups -OCH3 is 1. The topological polar surface area (TPSA) is 115 Å². The number of ether oxygens (including phenoxy) is 3. The number of rotatable bonds is 17. The molecule has 1 aliphatic rings. The summed E-state index contributed by atoms with van der Waals surface area (Å²) in [6.45, 7) is 3.89. The van der Waals surface area contributed by atoms with Crippen molar-refractivity contribution < 1.29 is 23.8 Å². The molecular formula is C36H45N3O5. The van der Waals surface area contributed by atoms with Gasteiger partial charge in [0.05, 0.1) is 32.1 Å². The van der Waals surface area contributed by atoms with E-state index in [9.17, 15) is 9.59 Å². The molecule has 1 amide bonds. The number of esters is 1. The van der Waals surface area contributed by atoms with Crippen LogP contribution in [0.15, 0.2) is 72.8 Å². The summed E-state index contributed by atoms with van der Waals surface area (Å²) in [4.78, 5) is 27.2. The lowest BCUT2D eigenvalue weighted by molar-refractivity contribution is -0.144. The van der Waals surface area contributed by atoms with Gasteiger partial charge in [0.15, 0.2) is 0 Å². The number of likely N-dealkylation sites (tertiary alicyclic amines) is 1. The van der Waals surface area contributed by atoms with Crippen molar-refractivity contribution in [3.05, 3.63) is 83.9 Å². The van der Waals surface area contributed by atoms with Gasteiger partial charge in [-0.05, 0) is 66.6 Å². The average molecular weight is 600 g/mol. The zero-order valence-electron chi connectivity index (χ0n) is 25.9. The number of nitrogens with zero attached hydrogens (tertiary/aromatic N) is 1. The van der Waals surface area contributed by atoms with Crippen molar-refractivity contribution in [2.45, 2.75) is 64.3 Å². The van der Waals surface area contributed by atoms with Crippen LogP contribution in [0.4, 0.5) is 0 Å². The Kier molecular flexibility index (Phi) is 12.2. The molecule has 3 aromatic carbocycles. The van der Waals surface area contributed by atoms with Crippen molar-refractivity contribution in [3.8, 4) is 22.6 Å². The van der Waals surface area contributed by atoms with E-state index in [0.29, 0.717) is 30.9 Å². The van der Waals surface area contributed by atoms with Crippen molar-refractivity contribution in [1.29, 1.82) is 5.41 Å². The zero-order chi connectivity index (χ0) is 31.3. The van der Waals surface area contributed by atoms with Gasteiger partial charge >= 0.3 is 5.97 Å². The number of nitrogen functional groups attached to an aromatic ring is 1. The minimum atomic E-state index is -0.398. The molecule has 0 unspecified atom stereocenters. The highest BCUT2D eigenvalue weighted by Gasteiger charge is 2.40. The molecule has 0 aliphatic carbocycles. The number of aryl methyl sites for hydroxylation is 1. The Balaban J connectivity index is 1.31. The Labute approximate surface area is 261 Å². The second kappa shape index (κ2) is 16.5. The number of carbonyl (C=O) groups excluding carboxylic acids is 2. The standard InChI is InChI=1S/C36H45N3O5/c1-3-4-5-6-22-43-32-17-9-26(10-18-32)8-7-21-39-31(23-30(36(39)41)24-34(40)42-2)25-44-33-19-15-28(16-20-33)27-11-13-29(14-12-27)35(37)38/h9-20,30-31H,3-8,21-25H2,1-2H3,(H3,37,38)/t30-,31-/m0/s1. The van der Waals surface area contributed by atoms with Gasteiger partial charge in [0, 0.05) is 12.1 Å². The largest absolute Gasteiger partial charge is 0.494 e. The van der Waals surface area contributed by atoms with E-state index in [-0.39, 0.29) is 30.2 Å². The van der Waals surface area contributed by atoms with Crippen LogP contribution in [0.5, 0.6) is 11.5 Å². The predicted molar refractivity (Wildman–Crippen MR) is 173 cm³/mol. The van der Waals surface area contributed by atoms with E-state index in [1.165, 1.54) is 31.9 Å². The van der Waals surface area contributed by atoms with Crippen molar-refractivity contribution >= 4 is 17.7 Å². The molecule has 234 valence electrons. The van der Waals surface area contributed by atoms with Gasteiger partial charge in [-0.2, -0.15) is 0 Å². The quantitative estimate of drug-likeness (QED) is 0.0804. The molecule has 0 bridgehead atoms. The molecule has 0 saturated carbocycles. The molecule has 1 fully saturated rings. The Hall–Kier alpha value is -4.33. The van der Waals surface area contributed by atoms with Crippen LogP contribution in [0.2, 0.25) is 0 Å². The van der Waals surface area contributed by atoms with Crippen LogP contribution in [0.3, 0.4) is 0 Å². The van der Waals surface area contributed by atoms with Crippen molar-refractivity contribution in [3.63, 3.8) is 0 Å². The first-order chi connectivity index (χ1) is 21.4. The molecule has 1 aliphatic heterocycles. The third kappa shape index (κ3) is 9.33. The summed E-state index contributed by atoms with van der Waals surface area (Å²) in [5.74, 6) is 0.864. The van der Waals surface area contributed by atoms with Crippen LogP contribution in [0.25, 0.3) is 11.1 Å². The van der Waals surface area contributed by atoms with Gasteiger partial charge in [-0.1, -0.05) is 74.7 Å². The van der Waals surface area contributed by atoms with Crippen LogP contribution < -0.4 is 15.2 Å². The SMILES string of the molecule is CCCCCCOc1ccc(CCCN2C(=O)[C@H](CC(=O)OC)C[C@H]2COc2ccc(-c3ccc(C(=N)N)cc3)cc2)cc1. The molecule has 0 radical (unpaired) electrons. The van der Waals surface area contributed by atoms with Gasteiger partial charge in [-0.15, -0.1) is 0 Å². The fourth-order valence-corrected chi connectivity index (χ4v) is 5.58. The van der Waals surface area contributed by atoms with Crippen molar-refractivity contribution in [2.24, 2.45) is 11.7 Å². The van der Waals surface area contributed by atoms with Gasteiger partial charge in [0.2, 0.25) is 5.91 Å². The second-order valence-electron chi connectivity index (χ2n) is 11.4. The number of unbranched alkanes of at least 4 members (excludes halogenated alkanes) is 3. The number of amides is 1. The first-order valence-corrected chi connectivity index (χ1v) is 15.6. The van der Waals surface area contributed by atoms with E-state index >= 15 is 0 Å². The predicted octanol–water partition coefficient (Wildman–Crippen LogP) is 6.39. The van der Waals surface area contributed by atoms with Crippen LogP contribution in [-0.2, 0) is 20.7 Å². The van der Waals surface area contributed by atoms with Gasteiger partial charge in [0.25, 0.3) is 0 Å². The minimum Gasteiger partial charge on any atom is -0.494 e. The Morgan fingerprint density at radius 2 is 1.52 bits per heavy atom. The third-order valence-electron chi connectivity index (χ3n) is 8.15.